The Morgan fingerprint density at radius 3 is 2.29 bits per heavy atom. The summed E-state index contributed by atoms with van der Waals surface area (Å²) in [5.74, 6) is 0. The van der Waals surface area contributed by atoms with Gasteiger partial charge in [-0.15, -0.1) is 0 Å². The van der Waals surface area contributed by atoms with Crippen LogP contribution in [0, 0.1) is 6.92 Å². The maximum atomic E-state index is 9.43. The molecule has 2 aromatic carbocycles. The number of hydrogen-bond acceptors (Lipinski definition) is 2. The molecule has 0 amide bonds. The summed E-state index contributed by atoms with van der Waals surface area (Å²) in [5.41, 5.74) is 2.23. The molecule has 0 aliphatic rings. The first-order valence-electron chi connectivity index (χ1n) is 5.68. The average molecular weight is 244 g/mol. The first kappa shape index (κ1) is 12.2. The maximum absolute atomic E-state index is 9.43. The zero-order chi connectivity index (χ0) is 12.3. The van der Waals surface area contributed by atoms with E-state index in [9.17, 15) is 5.11 Å². The van der Waals surface area contributed by atoms with Gasteiger partial charge in [0.05, 0.1) is 6.10 Å². The number of benzene rings is 2. The highest BCUT2D eigenvalue weighted by molar-refractivity contribution is 7.99. The smallest absolute Gasteiger partial charge is 0.0761 e. The molecule has 2 aromatic rings. The van der Waals surface area contributed by atoms with Gasteiger partial charge < -0.3 is 5.11 Å². The van der Waals surface area contributed by atoms with E-state index < -0.39 is 6.10 Å². The van der Waals surface area contributed by atoms with Crippen LogP contribution in [0.1, 0.15) is 24.2 Å². The van der Waals surface area contributed by atoms with Gasteiger partial charge in [-0.05, 0) is 43.7 Å². The topological polar surface area (TPSA) is 20.2 Å². The fourth-order valence-corrected chi connectivity index (χ4v) is 2.57. The third-order valence-corrected chi connectivity index (χ3v) is 3.59. The van der Waals surface area contributed by atoms with Crippen molar-refractivity contribution in [1.29, 1.82) is 0 Å². The third-order valence-electron chi connectivity index (χ3n) is 2.59. The minimum absolute atomic E-state index is 0.395. The lowest BCUT2D eigenvalue weighted by molar-refractivity contribution is 0.199. The second-order valence-corrected chi connectivity index (χ2v) is 5.31. The zero-order valence-corrected chi connectivity index (χ0v) is 10.9. The summed E-state index contributed by atoms with van der Waals surface area (Å²) in [5, 5.41) is 9.43. The first-order chi connectivity index (χ1) is 8.15. The SMILES string of the molecule is Cc1cccc(Sc2ccc([C@@H](C)O)cc2)c1. The van der Waals surface area contributed by atoms with Crippen LogP contribution in [-0.4, -0.2) is 5.11 Å². The molecule has 1 N–H and O–H groups in total. The van der Waals surface area contributed by atoms with Gasteiger partial charge in [-0.2, -0.15) is 0 Å². The fraction of sp³-hybridized carbons (Fsp3) is 0.200. The quantitative estimate of drug-likeness (QED) is 0.873. The fourth-order valence-electron chi connectivity index (χ4n) is 1.63. The van der Waals surface area contributed by atoms with E-state index in [1.54, 1.807) is 18.7 Å². The van der Waals surface area contributed by atoms with Crippen molar-refractivity contribution in [2.75, 3.05) is 0 Å². The van der Waals surface area contributed by atoms with Crippen molar-refractivity contribution < 1.29 is 5.11 Å². The molecular formula is C15H16OS. The van der Waals surface area contributed by atoms with Gasteiger partial charge in [0.15, 0.2) is 0 Å². The van der Waals surface area contributed by atoms with E-state index in [1.807, 2.05) is 12.1 Å². The highest BCUT2D eigenvalue weighted by Crippen LogP contribution is 2.28. The molecule has 0 saturated heterocycles. The van der Waals surface area contributed by atoms with E-state index in [2.05, 4.69) is 43.3 Å². The summed E-state index contributed by atoms with van der Waals surface area (Å²) in [6.07, 6.45) is -0.395. The molecule has 0 fully saturated rings. The average Bonchev–Trinajstić information content (AvgIpc) is 2.29. The Balaban J connectivity index is 2.14. The van der Waals surface area contributed by atoms with Gasteiger partial charge in [-0.1, -0.05) is 41.6 Å². The van der Waals surface area contributed by atoms with E-state index in [4.69, 9.17) is 0 Å². The van der Waals surface area contributed by atoms with Crippen LogP contribution < -0.4 is 0 Å². The van der Waals surface area contributed by atoms with Crippen molar-refractivity contribution >= 4 is 11.8 Å². The van der Waals surface area contributed by atoms with Gasteiger partial charge >= 0.3 is 0 Å². The Labute approximate surface area is 107 Å². The van der Waals surface area contributed by atoms with Crippen LogP contribution in [0.15, 0.2) is 58.3 Å². The van der Waals surface area contributed by atoms with Gasteiger partial charge in [-0.3, -0.25) is 0 Å². The minimum Gasteiger partial charge on any atom is -0.389 e. The molecule has 17 heavy (non-hydrogen) atoms. The van der Waals surface area contributed by atoms with E-state index >= 15 is 0 Å². The van der Waals surface area contributed by atoms with Crippen molar-refractivity contribution in [3.63, 3.8) is 0 Å². The molecule has 88 valence electrons. The minimum atomic E-state index is -0.395. The van der Waals surface area contributed by atoms with Gasteiger partial charge in [0.1, 0.15) is 0 Å². The molecule has 0 spiro atoms. The van der Waals surface area contributed by atoms with Gasteiger partial charge in [0.2, 0.25) is 0 Å². The Morgan fingerprint density at radius 2 is 1.71 bits per heavy atom. The summed E-state index contributed by atoms with van der Waals surface area (Å²) < 4.78 is 0. The Morgan fingerprint density at radius 1 is 1.00 bits per heavy atom. The normalized spacial score (nSPS) is 12.4. The molecule has 0 aliphatic heterocycles. The predicted octanol–water partition coefficient (Wildman–Crippen LogP) is 4.20. The second kappa shape index (κ2) is 5.39. The van der Waals surface area contributed by atoms with Crippen molar-refractivity contribution in [3.05, 3.63) is 59.7 Å². The maximum Gasteiger partial charge on any atom is 0.0761 e. The summed E-state index contributed by atoms with van der Waals surface area (Å²) >= 11 is 1.74. The largest absolute Gasteiger partial charge is 0.389 e. The Hall–Kier alpha value is -1.25. The van der Waals surface area contributed by atoms with Gasteiger partial charge in [0, 0.05) is 9.79 Å². The number of hydrogen-bond donors (Lipinski definition) is 1. The molecule has 2 rings (SSSR count). The van der Waals surface area contributed by atoms with Crippen molar-refractivity contribution in [2.45, 2.75) is 29.7 Å². The lowest BCUT2D eigenvalue weighted by Crippen LogP contribution is -1.89. The van der Waals surface area contributed by atoms with E-state index in [0.29, 0.717) is 0 Å². The summed E-state index contributed by atoms with van der Waals surface area (Å²) in [7, 11) is 0. The van der Waals surface area contributed by atoms with Gasteiger partial charge in [-0.25, -0.2) is 0 Å². The van der Waals surface area contributed by atoms with Crippen LogP contribution in [0.4, 0.5) is 0 Å². The standard InChI is InChI=1S/C15H16OS/c1-11-4-3-5-15(10-11)17-14-8-6-13(7-9-14)12(2)16/h3-10,12,16H,1-2H3/t12-/m1/s1. The van der Waals surface area contributed by atoms with E-state index in [0.717, 1.165) is 5.56 Å². The van der Waals surface area contributed by atoms with Crippen LogP contribution in [0.5, 0.6) is 0 Å². The van der Waals surface area contributed by atoms with Crippen molar-refractivity contribution in [1.82, 2.24) is 0 Å². The monoisotopic (exact) mass is 244 g/mol. The number of aryl methyl sites for hydroxylation is 1. The predicted molar refractivity (Wildman–Crippen MR) is 72.4 cm³/mol. The van der Waals surface area contributed by atoms with Crippen molar-refractivity contribution in [3.8, 4) is 0 Å². The lowest BCUT2D eigenvalue weighted by atomic mass is 10.1. The molecule has 2 heteroatoms. The molecule has 0 heterocycles. The molecule has 0 unspecified atom stereocenters. The molecule has 0 bridgehead atoms. The van der Waals surface area contributed by atoms with Gasteiger partial charge in [0.25, 0.3) is 0 Å². The van der Waals surface area contributed by atoms with Crippen LogP contribution >= 0.6 is 11.8 Å². The van der Waals surface area contributed by atoms with Crippen LogP contribution in [0.25, 0.3) is 0 Å². The molecule has 1 nitrogen and oxygen atoms in total. The number of rotatable bonds is 3. The highest BCUT2D eigenvalue weighted by atomic mass is 32.2. The van der Waals surface area contributed by atoms with Crippen LogP contribution in [0.3, 0.4) is 0 Å². The summed E-state index contributed by atoms with van der Waals surface area (Å²) in [6, 6.07) is 16.5. The number of aliphatic hydroxyl groups excluding tert-OH is 1. The molecule has 0 aliphatic carbocycles. The van der Waals surface area contributed by atoms with Crippen LogP contribution in [0.2, 0.25) is 0 Å². The first-order valence-corrected chi connectivity index (χ1v) is 6.49. The highest BCUT2D eigenvalue weighted by Gasteiger charge is 2.01. The molecule has 0 saturated carbocycles. The molecular weight excluding hydrogens is 228 g/mol. The summed E-state index contributed by atoms with van der Waals surface area (Å²) in [6.45, 7) is 3.88. The third kappa shape index (κ3) is 3.35. The number of aliphatic hydroxyl groups is 1. The Kier molecular flexibility index (Phi) is 3.87. The second-order valence-electron chi connectivity index (χ2n) is 4.16. The molecule has 0 radical (unpaired) electrons. The summed E-state index contributed by atoms with van der Waals surface area (Å²) in [4.78, 5) is 2.44. The van der Waals surface area contributed by atoms with E-state index in [-0.39, 0.29) is 0 Å². The Bertz CT molecular complexity index is 489. The molecule has 0 aromatic heterocycles. The van der Waals surface area contributed by atoms with Crippen LogP contribution in [-0.2, 0) is 0 Å². The zero-order valence-electron chi connectivity index (χ0n) is 10.1. The van der Waals surface area contributed by atoms with E-state index in [1.165, 1.54) is 15.4 Å². The lowest BCUT2D eigenvalue weighted by Gasteiger charge is -2.06. The van der Waals surface area contributed by atoms with Crippen molar-refractivity contribution in [2.24, 2.45) is 0 Å². The molecule has 1 atom stereocenters.